The number of ether oxygens (including phenoxy) is 2. The van der Waals surface area contributed by atoms with E-state index in [1.807, 2.05) is 0 Å². The molecule has 0 heterocycles. The molecule has 0 spiro atoms. The monoisotopic (exact) mass is 144 g/mol. The molecule has 0 radical (unpaired) electrons. The van der Waals surface area contributed by atoms with Crippen molar-refractivity contribution in [1.82, 2.24) is 0 Å². The molecule has 10 heavy (non-hydrogen) atoms. The van der Waals surface area contributed by atoms with Gasteiger partial charge in [0.25, 0.3) is 0 Å². The second-order valence-corrected chi connectivity index (χ2v) is 1.94. The van der Waals surface area contributed by atoms with Crippen LogP contribution in [0.5, 0.6) is 0 Å². The van der Waals surface area contributed by atoms with Crippen molar-refractivity contribution < 1.29 is 14.6 Å². The molecule has 0 saturated carbocycles. The van der Waals surface area contributed by atoms with Crippen molar-refractivity contribution in [1.29, 1.82) is 0 Å². The minimum Gasteiger partial charge on any atom is -0.495 e. The molecule has 0 bridgehead atoms. The largest absolute Gasteiger partial charge is 0.495 e. The Morgan fingerprint density at radius 2 is 2.10 bits per heavy atom. The average Bonchev–Trinajstić information content (AvgIpc) is 1.84. The fraction of sp³-hybridized carbons (Fsp3) is 0.429. The fourth-order valence-corrected chi connectivity index (χ4v) is 0.427. The molecule has 1 atom stereocenters. The molecule has 0 aromatic rings. The van der Waals surface area contributed by atoms with Gasteiger partial charge in [0.1, 0.15) is 0 Å². The highest BCUT2D eigenvalue weighted by molar-refractivity contribution is 4.65. The molecule has 0 aromatic carbocycles. The molecule has 0 aliphatic heterocycles. The summed E-state index contributed by atoms with van der Waals surface area (Å²) in [5.41, 5.74) is 0. The van der Waals surface area contributed by atoms with Crippen molar-refractivity contribution in [3.8, 4) is 0 Å². The highest BCUT2D eigenvalue weighted by Gasteiger charge is 2.20. The van der Waals surface area contributed by atoms with Gasteiger partial charge in [0.15, 0.2) is 6.61 Å². The van der Waals surface area contributed by atoms with Gasteiger partial charge in [-0.05, 0) is 0 Å². The van der Waals surface area contributed by atoms with Crippen molar-refractivity contribution in [2.24, 2.45) is 0 Å². The van der Waals surface area contributed by atoms with Gasteiger partial charge >= 0.3 is 0 Å². The second kappa shape index (κ2) is 3.95. The third-order valence-electron chi connectivity index (χ3n) is 0.806. The van der Waals surface area contributed by atoms with E-state index in [-0.39, 0.29) is 6.61 Å². The van der Waals surface area contributed by atoms with Gasteiger partial charge in [-0.15, -0.1) is 0 Å². The van der Waals surface area contributed by atoms with E-state index in [2.05, 4.69) is 17.9 Å². The van der Waals surface area contributed by atoms with Gasteiger partial charge in [0.05, 0.1) is 12.5 Å². The minimum atomic E-state index is -1.31. The first kappa shape index (κ1) is 9.04. The van der Waals surface area contributed by atoms with Gasteiger partial charge in [0.2, 0.25) is 5.79 Å². The van der Waals surface area contributed by atoms with Crippen LogP contribution in [0.2, 0.25) is 0 Å². The third-order valence-corrected chi connectivity index (χ3v) is 0.806. The van der Waals surface area contributed by atoms with E-state index in [0.717, 1.165) is 6.26 Å². The number of hydrogen-bond acceptors (Lipinski definition) is 3. The summed E-state index contributed by atoms with van der Waals surface area (Å²) in [6.45, 7) is 8.11. The SMILES string of the molecule is C=COCC(C)(O)OC=C. The van der Waals surface area contributed by atoms with Crippen LogP contribution >= 0.6 is 0 Å². The van der Waals surface area contributed by atoms with E-state index < -0.39 is 5.79 Å². The number of rotatable bonds is 5. The third kappa shape index (κ3) is 3.97. The predicted octanol–water partition coefficient (Wildman–Crippen LogP) is 1.02. The lowest BCUT2D eigenvalue weighted by atomic mass is 10.3. The standard InChI is InChI=1S/C7H12O3/c1-4-9-6-7(3,8)10-5-2/h4-5,8H,1-2,6H2,3H3. The lowest BCUT2D eigenvalue weighted by Crippen LogP contribution is -2.31. The van der Waals surface area contributed by atoms with Crippen molar-refractivity contribution in [2.45, 2.75) is 12.7 Å². The Kier molecular flexibility index (Phi) is 3.57. The molecule has 0 aliphatic rings. The van der Waals surface area contributed by atoms with Gasteiger partial charge in [-0.3, -0.25) is 0 Å². The summed E-state index contributed by atoms with van der Waals surface area (Å²) >= 11 is 0. The molecule has 0 saturated heterocycles. The Morgan fingerprint density at radius 3 is 2.50 bits per heavy atom. The van der Waals surface area contributed by atoms with Crippen LogP contribution in [0.3, 0.4) is 0 Å². The Balaban J connectivity index is 3.61. The summed E-state index contributed by atoms with van der Waals surface area (Å²) in [5.74, 6) is -1.31. The molecule has 58 valence electrons. The van der Waals surface area contributed by atoms with E-state index in [1.54, 1.807) is 0 Å². The van der Waals surface area contributed by atoms with Crippen LogP contribution in [-0.2, 0) is 9.47 Å². The fourth-order valence-electron chi connectivity index (χ4n) is 0.427. The smallest absolute Gasteiger partial charge is 0.238 e. The molecule has 1 unspecified atom stereocenters. The maximum atomic E-state index is 9.18. The lowest BCUT2D eigenvalue weighted by molar-refractivity contribution is -0.178. The van der Waals surface area contributed by atoms with Gasteiger partial charge < -0.3 is 14.6 Å². The Labute approximate surface area is 60.6 Å². The summed E-state index contributed by atoms with van der Waals surface area (Å²) in [7, 11) is 0. The molecule has 3 nitrogen and oxygen atoms in total. The lowest BCUT2D eigenvalue weighted by Gasteiger charge is -2.20. The van der Waals surface area contributed by atoms with Crippen LogP contribution in [0.4, 0.5) is 0 Å². The number of hydrogen-bond donors (Lipinski definition) is 1. The average molecular weight is 144 g/mol. The van der Waals surface area contributed by atoms with Gasteiger partial charge in [-0.25, -0.2) is 0 Å². The highest BCUT2D eigenvalue weighted by Crippen LogP contribution is 2.05. The topological polar surface area (TPSA) is 38.7 Å². The molecule has 0 fully saturated rings. The van der Waals surface area contributed by atoms with Crippen LogP contribution in [0.15, 0.2) is 25.7 Å². The Morgan fingerprint density at radius 1 is 1.50 bits per heavy atom. The molecule has 0 aromatic heterocycles. The Bertz CT molecular complexity index is 118. The van der Waals surface area contributed by atoms with E-state index in [9.17, 15) is 5.11 Å². The highest BCUT2D eigenvalue weighted by atomic mass is 16.6. The van der Waals surface area contributed by atoms with Crippen molar-refractivity contribution in [3.05, 3.63) is 25.7 Å². The van der Waals surface area contributed by atoms with Crippen LogP contribution in [-0.4, -0.2) is 17.5 Å². The summed E-state index contributed by atoms with van der Waals surface area (Å²) in [4.78, 5) is 0. The molecule has 0 rings (SSSR count). The molecule has 0 amide bonds. The van der Waals surface area contributed by atoms with Crippen molar-refractivity contribution in [2.75, 3.05) is 6.61 Å². The van der Waals surface area contributed by atoms with Gasteiger partial charge in [0, 0.05) is 6.92 Å². The maximum Gasteiger partial charge on any atom is 0.238 e. The van der Waals surface area contributed by atoms with Crippen molar-refractivity contribution in [3.63, 3.8) is 0 Å². The minimum absolute atomic E-state index is 0.0442. The zero-order valence-electron chi connectivity index (χ0n) is 6.04. The summed E-state index contributed by atoms with van der Waals surface area (Å²) in [5, 5.41) is 9.18. The quantitative estimate of drug-likeness (QED) is 0.462. The van der Waals surface area contributed by atoms with E-state index >= 15 is 0 Å². The van der Waals surface area contributed by atoms with Crippen LogP contribution < -0.4 is 0 Å². The number of aliphatic hydroxyl groups is 1. The first-order chi connectivity index (χ1) is 4.62. The molecular formula is C7H12O3. The normalized spacial score (nSPS) is 15.0. The maximum absolute atomic E-state index is 9.18. The zero-order chi connectivity index (χ0) is 8.04. The molecule has 3 heteroatoms. The van der Waals surface area contributed by atoms with Crippen molar-refractivity contribution >= 4 is 0 Å². The zero-order valence-corrected chi connectivity index (χ0v) is 6.04. The van der Waals surface area contributed by atoms with Gasteiger partial charge in [-0.2, -0.15) is 0 Å². The summed E-state index contributed by atoms with van der Waals surface area (Å²) < 4.78 is 9.37. The first-order valence-corrected chi connectivity index (χ1v) is 2.86. The second-order valence-electron chi connectivity index (χ2n) is 1.94. The van der Waals surface area contributed by atoms with E-state index in [1.165, 1.54) is 13.2 Å². The first-order valence-electron chi connectivity index (χ1n) is 2.86. The van der Waals surface area contributed by atoms with Crippen LogP contribution in [0, 0.1) is 0 Å². The van der Waals surface area contributed by atoms with Gasteiger partial charge in [-0.1, -0.05) is 13.2 Å². The molecular weight excluding hydrogens is 132 g/mol. The van der Waals surface area contributed by atoms with Crippen LogP contribution in [0.25, 0.3) is 0 Å². The summed E-state index contributed by atoms with van der Waals surface area (Å²) in [6, 6.07) is 0. The predicted molar refractivity (Wildman–Crippen MR) is 38.1 cm³/mol. The molecule has 0 aliphatic carbocycles. The Hall–Kier alpha value is -0.960. The molecule has 1 N–H and O–H groups in total. The summed E-state index contributed by atoms with van der Waals surface area (Å²) in [6.07, 6.45) is 2.40. The van der Waals surface area contributed by atoms with E-state index in [4.69, 9.17) is 4.74 Å². The van der Waals surface area contributed by atoms with Crippen LogP contribution in [0.1, 0.15) is 6.92 Å². The van der Waals surface area contributed by atoms with E-state index in [0.29, 0.717) is 0 Å².